The summed E-state index contributed by atoms with van der Waals surface area (Å²) >= 11 is 0. The van der Waals surface area contributed by atoms with Crippen molar-refractivity contribution in [3.8, 4) is 5.75 Å². The van der Waals surface area contributed by atoms with Gasteiger partial charge in [0.2, 0.25) is 5.91 Å². The Balaban J connectivity index is 1.89. The van der Waals surface area contributed by atoms with Crippen LogP contribution in [-0.4, -0.2) is 18.6 Å². The quantitative estimate of drug-likeness (QED) is 0.785. The summed E-state index contributed by atoms with van der Waals surface area (Å²) in [7, 11) is 1.71. The van der Waals surface area contributed by atoms with E-state index in [1.807, 2.05) is 0 Å². The first-order valence-corrected chi connectivity index (χ1v) is 8.18. The van der Waals surface area contributed by atoms with Gasteiger partial charge in [0.15, 0.2) is 0 Å². The van der Waals surface area contributed by atoms with E-state index in [4.69, 9.17) is 4.74 Å². The lowest BCUT2D eigenvalue weighted by Gasteiger charge is -2.50. The van der Waals surface area contributed by atoms with Crippen molar-refractivity contribution in [2.45, 2.75) is 63.3 Å². The molecular formula is C18H23NO2. The fourth-order valence-electron chi connectivity index (χ4n) is 4.87. The molecule has 1 amide bonds. The van der Waals surface area contributed by atoms with Gasteiger partial charge >= 0.3 is 0 Å². The van der Waals surface area contributed by atoms with Crippen LogP contribution in [0.2, 0.25) is 0 Å². The van der Waals surface area contributed by atoms with E-state index in [1.165, 1.54) is 48.9 Å². The molecule has 2 heterocycles. The molecule has 4 rings (SSSR count). The van der Waals surface area contributed by atoms with E-state index >= 15 is 0 Å². The van der Waals surface area contributed by atoms with Gasteiger partial charge in [0, 0.05) is 5.54 Å². The van der Waals surface area contributed by atoms with Gasteiger partial charge < -0.3 is 9.64 Å². The van der Waals surface area contributed by atoms with Crippen molar-refractivity contribution >= 4 is 11.6 Å². The number of carbonyl (C=O) groups excluding carboxylic acids is 1. The van der Waals surface area contributed by atoms with Crippen LogP contribution in [0.1, 0.15) is 62.5 Å². The number of anilines is 1. The summed E-state index contributed by atoms with van der Waals surface area (Å²) < 4.78 is 5.43. The molecule has 21 heavy (non-hydrogen) atoms. The molecule has 1 saturated carbocycles. The Morgan fingerprint density at radius 2 is 2.00 bits per heavy atom. The summed E-state index contributed by atoms with van der Waals surface area (Å²) in [6, 6.07) is 4.20. The minimum Gasteiger partial charge on any atom is -0.497 e. The van der Waals surface area contributed by atoms with Gasteiger partial charge in [-0.25, -0.2) is 0 Å². The molecular weight excluding hydrogens is 262 g/mol. The van der Waals surface area contributed by atoms with Crippen molar-refractivity contribution in [1.29, 1.82) is 0 Å². The fraction of sp³-hybridized carbons (Fsp3) is 0.611. The number of ether oxygens (including phenoxy) is 1. The molecule has 0 N–H and O–H groups in total. The second-order valence-electron chi connectivity index (χ2n) is 7.02. The second-order valence-corrected chi connectivity index (χ2v) is 7.02. The van der Waals surface area contributed by atoms with E-state index in [9.17, 15) is 4.79 Å². The summed E-state index contributed by atoms with van der Waals surface area (Å²) in [6.07, 6.45) is 7.85. The van der Waals surface area contributed by atoms with Gasteiger partial charge in [-0.3, -0.25) is 4.79 Å². The first-order chi connectivity index (χ1) is 10.1. The normalized spacial score (nSPS) is 26.1. The minimum atomic E-state index is 0.0988. The molecule has 1 unspecified atom stereocenters. The molecule has 1 spiro atoms. The summed E-state index contributed by atoms with van der Waals surface area (Å²) in [6.45, 7) is 2.31. The van der Waals surface area contributed by atoms with Crippen LogP contribution in [0.3, 0.4) is 0 Å². The zero-order chi connectivity index (χ0) is 14.6. The third kappa shape index (κ3) is 1.76. The zero-order valence-electron chi connectivity index (χ0n) is 12.9. The summed E-state index contributed by atoms with van der Waals surface area (Å²) in [5.41, 5.74) is 3.81. The predicted molar refractivity (Wildman–Crippen MR) is 83.0 cm³/mol. The van der Waals surface area contributed by atoms with Gasteiger partial charge in [0.25, 0.3) is 0 Å². The average molecular weight is 285 g/mol. The Bertz CT molecular complexity index is 601. The van der Waals surface area contributed by atoms with Crippen LogP contribution in [0.25, 0.3) is 0 Å². The maximum absolute atomic E-state index is 12.7. The maximum Gasteiger partial charge on any atom is 0.232 e. The molecule has 1 atom stereocenters. The summed E-state index contributed by atoms with van der Waals surface area (Å²) in [5, 5.41) is 0. The Morgan fingerprint density at radius 3 is 2.71 bits per heavy atom. The van der Waals surface area contributed by atoms with E-state index in [1.54, 1.807) is 7.11 Å². The van der Waals surface area contributed by atoms with Gasteiger partial charge in [-0.1, -0.05) is 26.2 Å². The number of carbonyl (C=O) groups is 1. The molecule has 0 aromatic heterocycles. The predicted octanol–water partition coefficient (Wildman–Crippen LogP) is 3.79. The van der Waals surface area contributed by atoms with Crippen molar-refractivity contribution in [1.82, 2.24) is 0 Å². The lowest BCUT2D eigenvalue weighted by Crippen LogP contribution is -2.54. The molecule has 3 heteroatoms. The van der Waals surface area contributed by atoms with Gasteiger partial charge in [0.05, 0.1) is 19.2 Å². The van der Waals surface area contributed by atoms with E-state index in [-0.39, 0.29) is 5.54 Å². The lowest BCUT2D eigenvalue weighted by atomic mass is 9.70. The second kappa shape index (κ2) is 4.49. The Kier molecular flexibility index (Phi) is 2.82. The molecule has 112 valence electrons. The van der Waals surface area contributed by atoms with Crippen LogP contribution in [0.4, 0.5) is 5.69 Å². The van der Waals surface area contributed by atoms with E-state index in [0.717, 1.165) is 12.2 Å². The highest BCUT2D eigenvalue weighted by Gasteiger charge is 2.50. The number of hydrogen-bond acceptors (Lipinski definition) is 2. The van der Waals surface area contributed by atoms with Crippen LogP contribution >= 0.6 is 0 Å². The first-order valence-electron chi connectivity index (χ1n) is 8.18. The van der Waals surface area contributed by atoms with Gasteiger partial charge in [-0.2, -0.15) is 0 Å². The summed E-state index contributed by atoms with van der Waals surface area (Å²) in [4.78, 5) is 14.9. The number of amides is 1. The van der Waals surface area contributed by atoms with E-state index < -0.39 is 0 Å². The highest BCUT2D eigenvalue weighted by atomic mass is 16.5. The fourth-order valence-corrected chi connectivity index (χ4v) is 4.87. The first kappa shape index (κ1) is 13.2. The third-order valence-corrected chi connectivity index (χ3v) is 5.72. The van der Waals surface area contributed by atoms with Crippen LogP contribution < -0.4 is 9.64 Å². The van der Waals surface area contributed by atoms with Crippen molar-refractivity contribution in [2.75, 3.05) is 12.0 Å². The Morgan fingerprint density at radius 1 is 1.24 bits per heavy atom. The highest BCUT2D eigenvalue weighted by Crippen LogP contribution is 2.54. The molecule has 2 aliphatic heterocycles. The van der Waals surface area contributed by atoms with E-state index in [0.29, 0.717) is 18.2 Å². The average Bonchev–Trinajstić information content (AvgIpc) is 2.82. The number of nitrogens with zero attached hydrogens (tertiary/aromatic N) is 1. The van der Waals surface area contributed by atoms with Crippen molar-refractivity contribution in [3.05, 3.63) is 23.3 Å². The lowest BCUT2D eigenvalue weighted by molar-refractivity contribution is -0.119. The molecule has 0 bridgehead atoms. The van der Waals surface area contributed by atoms with Crippen LogP contribution in [0.5, 0.6) is 5.75 Å². The number of hydrogen-bond donors (Lipinski definition) is 0. The monoisotopic (exact) mass is 285 g/mol. The molecule has 1 aromatic rings. The highest BCUT2D eigenvalue weighted by molar-refractivity contribution is 6.04. The minimum absolute atomic E-state index is 0.0988. The molecule has 0 radical (unpaired) electrons. The largest absolute Gasteiger partial charge is 0.497 e. The molecule has 3 nitrogen and oxygen atoms in total. The zero-order valence-corrected chi connectivity index (χ0v) is 12.9. The molecule has 3 aliphatic rings. The summed E-state index contributed by atoms with van der Waals surface area (Å²) in [5.74, 6) is 1.70. The van der Waals surface area contributed by atoms with Crippen LogP contribution in [0, 0.1) is 0 Å². The SMILES string of the molecule is COc1cc2c3c(c1)C(C)CC1(CCCCC1)N3C(=O)C2. The van der Waals surface area contributed by atoms with Crippen molar-refractivity contribution in [3.63, 3.8) is 0 Å². The third-order valence-electron chi connectivity index (χ3n) is 5.72. The van der Waals surface area contributed by atoms with Crippen LogP contribution in [-0.2, 0) is 11.2 Å². The topological polar surface area (TPSA) is 29.5 Å². The molecule has 1 aliphatic carbocycles. The van der Waals surface area contributed by atoms with E-state index in [2.05, 4.69) is 24.0 Å². The maximum atomic E-state index is 12.7. The number of methoxy groups -OCH3 is 1. The Labute approximate surface area is 126 Å². The molecule has 1 fully saturated rings. The smallest absolute Gasteiger partial charge is 0.232 e. The van der Waals surface area contributed by atoms with Crippen LogP contribution in [0.15, 0.2) is 12.1 Å². The standard InChI is InChI=1S/C18H23NO2/c1-12-11-18(6-4-3-5-7-18)19-16(20)9-13-8-14(21-2)10-15(12)17(13)19/h8,10,12H,3-7,9,11H2,1-2H3. The number of rotatable bonds is 1. The Hall–Kier alpha value is -1.51. The number of fused-ring (bicyclic) bond motifs is 1. The molecule has 1 aromatic carbocycles. The van der Waals surface area contributed by atoms with Gasteiger partial charge in [-0.15, -0.1) is 0 Å². The number of benzene rings is 1. The molecule has 0 saturated heterocycles. The van der Waals surface area contributed by atoms with Crippen molar-refractivity contribution in [2.24, 2.45) is 0 Å². The van der Waals surface area contributed by atoms with Gasteiger partial charge in [0.1, 0.15) is 5.75 Å². The van der Waals surface area contributed by atoms with Gasteiger partial charge in [-0.05, 0) is 48.4 Å². The van der Waals surface area contributed by atoms with Crippen molar-refractivity contribution < 1.29 is 9.53 Å².